The van der Waals surface area contributed by atoms with Crippen LogP contribution in [0.2, 0.25) is 0 Å². The molecule has 5 rings (SSSR count). The highest BCUT2D eigenvalue weighted by atomic mass is 32.2. The Hall–Kier alpha value is -2.42. The molecule has 2 heteroatoms. The lowest BCUT2D eigenvalue weighted by atomic mass is 9.76. The lowest BCUT2D eigenvalue weighted by Crippen LogP contribution is -2.19. The second-order valence-electron chi connectivity index (χ2n) is 19.8. The van der Waals surface area contributed by atoms with E-state index in [-0.39, 0.29) is 21.7 Å². The number of rotatable bonds is 6. The fourth-order valence-corrected chi connectivity index (χ4v) is 9.20. The number of thioether (sulfide) groups is 2. The zero-order valence-corrected chi connectivity index (χ0v) is 36.9. The molecule has 0 aliphatic heterocycles. The monoisotopic (exact) mass is 732 g/mol. The van der Waals surface area contributed by atoms with E-state index in [0.29, 0.717) is 0 Å². The molecule has 0 fully saturated rings. The molecule has 0 atom stereocenters. The summed E-state index contributed by atoms with van der Waals surface area (Å²) in [6, 6.07) is 25.3. The summed E-state index contributed by atoms with van der Waals surface area (Å²) in [7, 11) is 0. The van der Waals surface area contributed by atoms with E-state index in [2.05, 4.69) is 156 Å². The number of fused-ring (bicyclic) bond motifs is 8. The Bertz CT molecular complexity index is 1880. The van der Waals surface area contributed by atoms with Gasteiger partial charge in [0, 0.05) is 0 Å². The van der Waals surface area contributed by atoms with Crippen LogP contribution in [0.15, 0.2) is 60.7 Å². The first-order valence-corrected chi connectivity index (χ1v) is 22.5. The Morgan fingerprint density at radius 1 is 0.404 bits per heavy atom. The maximum Gasteiger partial charge on any atom is -0.00198 e. The van der Waals surface area contributed by atoms with E-state index in [1.807, 2.05) is 23.5 Å². The van der Waals surface area contributed by atoms with Crippen molar-refractivity contribution in [1.29, 1.82) is 0 Å². The van der Waals surface area contributed by atoms with E-state index in [1.54, 1.807) is 11.1 Å². The molecule has 1 aliphatic rings. The summed E-state index contributed by atoms with van der Waals surface area (Å²) in [5.74, 6) is 2.29. The minimum absolute atomic E-state index is 0.0626. The van der Waals surface area contributed by atoms with Crippen LogP contribution in [-0.2, 0) is 60.2 Å². The predicted molar refractivity (Wildman–Crippen MR) is 236 cm³/mol. The molecule has 0 amide bonds. The van der Waals surface area contributed by atoms with Gasteiger partial charge in [0.05, 0.1) is 0 Å². The average Bonchev–Trinajstić information content (AvgIpc) is 3.01. The predicted octanol–water partition coefficient (Wildman–Crippen LogP) is 13.4. The maximum absolute atomic E-state index is 2.60. The van der Waals surface area contributed by atoms with Crippen molar-refractivity contribution in [3.05, 3.63) is 139 Å². The quantitative estimate of drug-likeness (QED) is 0.170. The molecule has 0 N–H and O–H groups in total. The SMILES string of the molecule is CSCCc1c2cc(cc1C(C)(C)C)Cc1ccc(C(C)(C)C)c(c1)Cc1cc(cc(C(C)(C)C)c1CCSC)Cc1cc(cc(C(C)(C)C)c1)C2. The van der Waals surface area contributed by atoms with Crippen molar-refractivity contribution >= 4 is 23.5 Å². The molecule has 0 saturated carbocycles. The van der Waals surface area contributed by atoms with Gasteiger partial charge in [-0.1, -0.05) is 144 Å². The van der Waals surface area contributed by atoms with Gasteiger partial charge in [0.15, 0.2) is 0 Å². The second kappa shape index (κ2) is 15.7. The lowest BCUT2D eigenvalue weighted by molar-refractivity contribution is 0.578. The first-order valence-electron chi connectivity index (χ1n) is 19.7. The standard InChI is InChI=1S/C50H68S2/c1-47(2,3)41-28-34-22-35(29-41)25-38-26-36(30-45(49(7,8)9)42(38)17-19-51-13)21-33-15-16-44(48(4,5)6)40(24-33)32-39-27-37(23-34)31-46(50(10,11)12)43(39)18-20-52-14/h15-16,22,24,26-31H,17-21,23,25,32H2,1-14H3. The molecule has 4 aromatic rings. The summed E-state index contributed by atoms with van der Waals surface area (Å²) in [5, 5.41) is 0. The third-order valence-electron chi connectivity index (χ3n) is 11.0. The van der Waals surface area contributed by atoms with Crippen LogP contribution in [0.5, 0.6) is 0 Å². The second-order valence-corrected chi connectivity index (χ2v) is 21.8. The molecule has 0 heterocycles. The van der Waals surface area contributed by atoms with Gasteiger partial charge in [-0.25, -0.2) is 0 Å². The summed E-state index contributed by atoms with van der Waals surface area (Å²) in [5.41, 5.74) is 21.1. The maximum atomic E-state index is 2.60. The van der Waals surface area contributed by atoms with Gasteiger partial charge < -0.3 is 0 Å². The average molecular weight is 733 g/mol. The summed E-state index contributed by atoms with van der Waals surface area (Å²) in [6.45, 7) is 28.8. The largest absolute Gasteiger partial charge is 0.165 e. The van der Waals surface area contributed by atoms with Crippen molar-refractivity contribution < 1.29 is 0 Å². The zero-order chi connectivity index (χ0) is 38.2. The summed E-state index contributed by atoms with van der Waals surface area (Å²) < 4.78 is 0. The van der Waals surface area contributed by atoms with E-state index >= 15 is 0 Å². The minimum atomic E-state index is 0.0626. The van der Waals surface area contributed by atoms with E-state index in [9.17, 15) is 0 Å². The zero-order valence-electron chi connectivity index (χ0n) is 35.2. The van der Waals surface area contributed by atoms with Gasteiger partial charge in [0.25, 0.3) is 0 Å². The molecule has 52 heavy (non-hydrogen) atoms. The molecule has 0 radical (unpaired) electrons. The number of hydrogen-bond acceptors (Lipinski definition) is 2. The first-order chi connectivity index (χ1) is 24.2. The van der Waals surface area contributed by atoms with E-state index in [4.69, 9.17) is 0 Å². The molecule has 0 nitrogen and oxygen atoms in total. The normalized spacial score (nSPS) is 14.1. The summed E-state index contributed by atoms with van der Waals surface area (Å²) in [4.78, 5) is 0. The topological polar surface area (TPSA) is 0 Å². The smallest absolute Gasteiger partial charge is 0.00198 e. The number of hydrogen-bond donors (Lipinski definition) is 0. The highest BCUT2D eigenvalue weighted by Gasteiger charge is 2.26. The van der Waals surface area contributed by atoms with Crippen LogP contribution in [0, 0.1) is 0 Å². The molecular weight excluding hydrogens is 665 g/mol. The Morgan fingerprint density at radius 2 is 0.827 bits per heavy atom. The van der Waals surface area contributed by atoms with Gasteiger partial charge in [0.2, 0.25) is 0 Å². The van der Waals surface area contributed by atoms with E-state index in [1.165, 1.54) is 66.8 Å². The van der Waals surface area contributed by atoms with Crippen molar-refractivity contribution in [1.82, 2.24) is 0 Å². The Kier molecular flexibility index (Phi) is 12.3. The van der Waals surface area contributed by atoms with Gasteiger partial charge in [0.1, 0.15) is 0 Å². The van der Waals surface area contributed by atoms with Crippen molar-refractivity contribution in [3.63, 3.8) is 0 Å². The summed E-state index contributed by atoms with van der Waals surface area (Å²) >= 11 is 3.93. The van der Waals surface area contributed by atoms with Crippen LogP contribution in [0.25, 0.3) is 0 Å². The highest BCUT2D eigenvalue weighted by Crippen LogP contribution is 2.38. The molecule has 0 aromatic heterocycles. The minimum Gasteiger partial charge on any atom is -0.165 e. The van der Waals surface area contributed by atoms with Crippen LogP contribution in [0.3, 0.4) is 0 Å². The summed E-state index contributed by atoms with van der Waals surface area (Å²) in [6.07, 6.45) is 10.6. The molecule has 0 spiro atoms. The van der Waals surface area contributed by atoms with Crippen LogP contribution >= 0.6 is 23.5 Å². The third kappa shape index (κ3) is 9.81. The third-order valence-corrected chi connectivity index (χ3v) is 12.2. The van der Waals surface area contributed by atoms with Crippen molar-refractivity contribution in [3.8, 4) is 0 Å². The first kappa shape index (κ1) is 40.8. The van der Waals surface area contributed by atoms with Gasteiger partial charge in [-0.15, -0.1) is 0 Å². The highest BCUT2D eigenvalue weighted by molar-refractivity contribution is 7.98. The van der Waals surface area contributed by atoms with Crippen LogP contribution < -0.4 is 0 Å². The van der Waals surface area contributed by atoms with Crippen LogP contribution in [-0.4, -0.2) is 24.0 Å². The Balaban J connectivity index is 1.85. The molecule has 8 bridgehead atoms. The van der Waals surface area contributed by atoms with E-state index in [0.717, 1.165) is 50.0 Å². The van der Waals surface area contributed by atoms with Crippen molar-refractivity contribution in [2.45, 2.75) is 143 Å². The van der Waals surface area contributed by atoms with Crippen molar-refractivity contribution in [2.24, 2.45) is 0 Å². The molecule has 280 valence electrons. The molecular formula is C50H68S2. The van der Waals surface area contributed by atoms with Gasteiger partial charge in [-0.05, 0) is 162 Å². The van der Waals surface area contributed by atoms with Gasteiger partial charge in [-0.3, -0.25) is 0 Å². The molecule has 0 unspecified atom stereocenters. The fourth-order valence-electron chi connectivity index (χ4n) is 8.38. The van der Waals surface area contributed by atoms with Crippen LogP contribution in [0.1, 0.15) is 161 Å². The lowest BCUT2D eigenvalue weighted by Gasteiger charge is -2.29. The molecule has 1 aliphatic carbocycles. The Morgan fingerprint density at radius 3 is 1.29 bits per heavy atom. The Labute approximate surface area is 327 Å². The van der Waals surface area contributed by atoms with Crippen molar-refractivity contribution in [2.75, 3.05) is 24.0 Å². The van der Waals surface area contributed by atoms with Gasteiger partial charge >= 0.3 is 0 Å². The van der Waals surface area contributed by atoms with Gasteiger partial charge in [-0.2, -0.15) is 23.5 Å². The van der Waals surface area contributed by atoms with E-state index < -0.39 is 0 Å². The molecule has 4 aromatic carbocycles. The fraction of sp³-hybridized carbons (Fsp3) is 0.520. The number of benzene rings is 4. The molecule has 0 saturated heterocycles. The van der Waals surface area contributed by atoms with Crippen LogP contribution in [0.4, 0.5) is 0 Å².